The Kier molecular flexibility index (Phi) is 11.5. The Bertz CT molecular complexity index is 2310. The van der Waals surface area contributed by atoms with E-state index in [9.17, 15) is 4.79 Å². The molecule has 2 unspecified atom stereocenters. The molecule has 0 radical (unpaired) electrons. The van der Waals surface area contributed by atoms with Crippen LogP contribution in [0.15, 0.2) is 30.5 Å². The van der Waals surface area contributed by atoms with Gasteiger partial charge in [-0.2, -0.15) is 0 Å². The quantitative estimate of drug-likeness (QED) is 0.0937. The van der Waals surface area contributed by atoms with Crippen molar-refractivity contribution >= 4 is 41.5 Å². The zero-order valence-corrected chi connectivity index (χ0v) is 37.2. The lowest BCUT2D eigenvalue weighted by atomic mass is 9.91. The number of anilines is 1. The lowest BCUT2D eigenvalue weighted by Crippen LogP contribution is -2.57. The minimum Gasteiger partial charge on any atom is -0.468 e. The van der Waals surface area contributed by atoms with Gasteiger partial charge in [0.1, 0.15) is 36.8 Å². The minimum atomic E-state index is -2.32. The van der Waals surface area contributed by atoms with E-state index in [-0.39, 0.29) is 66.1 Å². The summed E-state index contributed by atoms with van der Waals surface area (Å²) in [5.74, 6) is 2.86. The molecule has 0 N–H and O–H groups in total. The van der Waals surface area contributed by atoms with Gasteiger partial charge >= 0.3 is 6.09 Å². The number of fused-ring (bicyclic) bond motifs is 4. The second-order valence-electron chi connectivity index (χ2n) is 18.4. The first kappa shape index (κ1) is 42.7. The number of aryl methyl sites for hydroxylation is 1. The third kappa shape index (κ3) is 7.54. The maximum absolute atomic E-state index is 17.9. The fraction of sp³-hybridized carbons (Fsp3) is 0.543. The molecule has 3 aliphatic heterocycles. The Balaban J connectivity index is 1.44. The topological polar surface area (TPSA) is 86.3 Å². The van der Waals surface area contributed by atoms with Gasteiger partial charge in [0, 0.05) is 48.1 Å². The van der Waals surface area contributed by atoms with Crippen LogP contribution in [-0.2, 0) is 19.9 Å². The highest BCUT2D eigenvalue weighted by atomic mass is 28.3. The highest BCUT2D eigenvalue weighted by Gasteiger charge is 2.48. The van der Waals surface area contributed by atoms with E-state index in [1.165, 1.54) is 13.2 Å². The highest BCUT2D eigenvalue weighted by molar-refractivity contribution is 6.90. The summed E-state index contributed by atoms with van der Waals surface area (Å²) < 4.78 is 72.9. The van der Waals surface area contributed by atoms with Gasteiger partial charge in [0.25, 0.3) is 0 Å². The third-order valence-electron chi connectivity index (χ3n) is 12.6. The van der Waals surface area contributed by atoms with Crippen LogP contribution in [0.3, 0.4) is 0 Å². The van der Waals surface area contributed by atoms with Gasteiger partial charge in [-0.25, -0.2) is 22.9 Å². The van der Waals surface area contributed by atoms with Gasteiger partial charge in [0.2, 0.25) is 0 Å². The van der Waals surface area contributed by atoms with Crippen LogP contribution in [0.4, 0.5) is 23.8 Å². The van der Waals surface area contributed by atoms with E-state index in [1.807, 2.05) is 30.6 Å². The molecule has 3 aliphatic rings. The van der Waals surface area contributed by atoms with E-state index in [0.717, 1.165) is 12.8 Å². The van der Waals surface area contributed by atoms with Gasteiger partial charge in [-0.1, -0.05) is 53.5 Å². The standard InChI is InChI=1S/C46H57F3N4O5Si/c1-26(2)59(27(3)4,28(5)6)17-16-34-37(47)15-12-30-18-33(57-25-55-11)19-35(39(30)34)41-40(48)38-29(7)42(46(49)23-56-24-46)51-43(36(38)20-50-41)52-21-31-13-14-32(22-52)53(31)44(54)58-45(8,9)10/h12,15,18-20,26-28,31-32H,13-14,21-25H2,1-11H3. The average Bonchev–Trinajstić information content (AvgIpc) is 3.42. The van der Waals surface area contributed by atoms with Gasteiger partial charge in [-0.3, -0.25) is 9.88 Å². The molecule has 2 aromatic heterocycles. The lowest BCUT2D eigenvalue weighted by Gasteiger charge is -2.42. The molecular weight excluding hydrogens is 774 g/mol. The first-order chi connectivity index (χ1) is 27.8. The average molecular weight is 831 g/mol. The van der Waals surface area contributed by atoms with E-state index in [4.69, 9.17) is 28.9 Å². The molecule has 1 amide bonds. The predicted octanol–water partition coefficient (Wildman–Crippen LogP) is 10.4. The maximum Gasteiger partial charge on any atom is 0.410 e. The van der Waals surface area contributed by atoms with Crippen molar-refractivity contribution in [3.05, 3.63) is 58.9 Å². The molecular formula is C46H57F3N4O5Si. The number of piperazine rings is 1. The Morgan fingerprint density at radius 2 is 1.66 bits per heavy atom. The van der Waals surface area contributed by atoms with Crippen molar-refractivity contribution in [3.63, 3.8) is 0 Å². The van der Waals surface area contributed by atoms with Crippen LogP contribution in [0.25, 0.3) is 32.8 Å². The number of hydrogen-bond donors (Lipinski definition) is 0. The van der Waals surface area contributed by atoms with Crippen molar-refractivity contribution in [2.75, 3.05) is 45.1 Å². The van der Waals surface area contributed by atoms with Crippen LogP contribution < -0.4 is 9.64 Å². The minimum absolute atomic E-state index is 0.0575. The molecule has 59 heavy (non-hydrogen) atoms. The highest BCUT2D eigenvalue weighted by Crippen LogP contribution is 2.46. The van der Waals surface area contributed by atoms with Crippen molar-refractivity contribution in [1.29, 1.82) is 0 Å². The first-order valence-corrected chi connectivity index (χ1v) is 23.0. The Morgan fingerprint density at radius 1 is 1.02 bits per heavy atom. The molecule has 316 valence electrons. The number of carbonyl (C=O) groups is 1. The van der Waals surface area contributed by atoms with E-state index in [0.29, 0.717) is 63.0 Å². The van der Waals surface area contributed by atoms with Crippen molar-refractivity contribution in [2.24, 2.45) is 0 Å². The maximum atomic E-state index is 17.9. The number of rotatable bonds is 9. The summed E-state index contributed by atoms with van der Waals surface area (Å²) in [5, 5.41) is 1.56. The lowest BCUT2D eigenvalue weighted by molar-refractivity contribution is -0.137. The Hall–Kier alpha value is -4.38. The summed E-state index contributed by atoms with van der Waals surface area (Å²) in [7, 11) is -0.814. The predicted molar refractivity (Wildman–Crippen MR) is 228 cm³/mol. The molecule has 4 aromatic rings. The second-order valence-corrected chi connectivity index (χ2v) is 24.0. The van der Waals surface area contributed by atoms with Crippen molar-refractivity contribution in [3.8, 4) is 28.5 Å². The van der Waals surface area contributed by atoms with Crippen LogP contribution in [0.5, 0.6) is 5.75 Å². The van der Waals surface area contributed by atoms with E-state index >= 15 is 13.2 Å². The molecule has 9 nitrogen and oxygen atoms in total. The number of pyridine rings is 2. The number of ether oxygens (including phenoxy) is 4. The summed E-state index contributed by atoms with van der Waals surface area (Å²) in [6.07, 6.45) is 2.74. The molecule has 7 rings (SSSR count). The fourth-order valence-electron chi connectivity index (χ4n) is 9.90. The monoisotopic (exact) mass is 830 g/mol. The summed E-state index contributed by atoms with van der Waals surface area (Å²) >= 11 is 0. The van der Waals surface area contributed by atoms with Gasteiger partial charge in [0.05, 0.1) is 36.6 Å². The molecule has 3 saturated heterocycles. The van der Waals surface area contributed by atoms with Crippen LogP contribution in [0.1, 0.15) is 92.0 Å². The molecule has 3 fully saturated rings. The van der Waals surface area contributed by atoms with E-state index in [1.54, 1.807) is 31.3 Å². The van der Waals surface area contributed by atoms with Crippen LogP contribution in [0, 0.1) is 30.0 Å². The van der Waals surface area contributed by atoms with Gasteiger partial charge in [0.15, 0.2) is 18.3 Å². The Morgan fingerprint density at radius 3 is 2.22 bits per heavy atom. The number of alkyl halides is 1. The number of halogens is 3. The molecule has 0 aliphatic carbocycles. The van der Waals surface area contributed by atoms with E-state index < -0.39 is 31.0 Å². The summed E-state index contributed by atoms with van der Waals surface area (Å²) in [5.41, 5.74) is 2.81. The summed E-state index contributed by atoms with van der Waals surface area (Å²) in [4.78, 5) is 26.9. The number of methoxy groups -OCH3 is 1. The number of benzene rings is 2. The summed E-state index contributed by atoms with van der Waals surface area (Å²) in [6.45, 7) is 20.7. The molecule has 5 heterocycles. The van der Waals surface area contributed by atoms with Gasteiger partial charge < -0.3 is 23.8 Å². The van der Waals surface area contributed by atoms with Gasteiger partial charge in [-0.15, -0.1) is 5.54 Å². The zero-order chi connectivity index (χ0) is 42.8. The van der Waals surface area contributed by atoms with Crippen molar-refractivity contribution in [2.45, 2.75) is 122 Å². The molecule has 0 saturated carbocycles. The smallest absolute Gasteiger partial charge is 0.410 e. The first-order valence-electron chi connectivity index (χ1n) is 20.7. The number of aromatic nitrogens is 2. The van der Waals surface area contributed by atoms with E-state index in [2.05, 4.69) is 53.0 Å². The second kappa shape index (κ2) is 15.9. The fourth-order valence-corrected chi connectivity index (χ4v) is 15.1. The number of nitrogens with zero attached hydrogens (tertiary/aromatic N) is 4. The zero-order valence-electron chi connectivity index (χ0n) is 36.2. The van der Waals surface area contributed by atoms with Crippen LogP contribution in [-0.4, -0.2) is 86.9 Å². The summed E-state index contributed by atoms with van der Waals surface area (Å²) in [6, 6.07) is 6.08. The van der Waals surface area contributed by atoms with Crippen molar-refractivity contribution < 1.29 is 36.9 Å². The largest absolute Gasteiger partial charge is 0.468 e. The number of hydrogen-bond acceptors (Lipinski definition) is 8. The number of carbonyl (C=O) groups excluding carboxylic acids is 1. The number of amides is 1. The van der Waals surface area contributed by atoms with Crippen molar-refractivity contribution in [1.82, 2.24) is 14.9 Å². The normalized spacial score (nSPS) is 19.1. The molecule has 13 heteroatoms. The molecule has 2 aromatic carbocycles. The molecule has 0 spiro atoms. The SMILES string of the molecule is COCOc1cc(-c2ncc3c(N4CC5CCC(C4)N5C(=O)OC(C)(C)C)nc(C4(F)COC4)c(C)c3c2F)c2c(C#C[Si](C(C)C)(C(C)C)C(C)C)c(F)ccc2c1. The van der Waals surface area contributed by atoms with Crippen LogP contribution in [0.2, 0.25) is 16.6 Å². The molecule has 2 atom stereocenters. The van der Waals surface area contributed by atoms with Gasteiger partial charge in [-0.05, 0) is 86.3 Å². The molecule has 2 bridgehead atoms. The third-order valence-corrected chi connectivity index (χ3v) is 18.9. The Labute approximate surface area is 347 Å². The van der Waals surface area contributed by atoms with Crippen LogP contribution >= 0.6 is 0 Å².